The maximum absolute atomic E-state index is 5.74. The van der Waals surface area contributed by atoms with Gasteiger partial charge < -0.3 is 10.3 Å². The van der Waals surface area contributed by atoms with Gasteiger partial charge in [0.05, 0.1) is 11.0 Å². The van der Waals surface area contributed by atoms with E-state index in [9.17, 15) is 0 Å². The predicted molar refractivity (Wildman–Crippen MR) is 81.4 cm³/mol. The molecule has 2 heterocycles. The molecule has 0 amide bonds. The lowest BCUT2D eigenvalue weighted by molar-refractivity contribution is 0.775. The van der Waals surface area contributed by atoms with Gasteiger partial charge in [-0.15, -0.1) is 0 Å². The average Bonchev–Trinajstić information content (AvgIpc) is 2.84. The molecule has 1 unspecified atom stereocenters. The van der Waals surface area contributed by atoms with Crippen LogP contribution in [0.4, 0.5) is 0 Å². The minimum Gasteiger partial charge on any atom is -0.330 e. The number of hydrogen-bond acceptors (Lipinski definition) is 3. The smallest absolute Gasteiger partial charge is 0.159 e. The van der Waals surface area contributed by atoms with Crippen molar-refractivity contribution in [2.45, 2.75) is 12.8 Å². The van der Waals surface area contributed by atoms with E-state index in [1.807, 2.05) is 25.2 Å². The van der Waals surface area contributed by atoms with Crippen LogP contribution in [0.3, 0.4) is 0 Å². The van der Waals surface area contributed by atoms with Crippen molar-refractivity contribution in [3.05, 3.63) is 48.2 Å². The van der Waals surface area contributed by atoms with Crippen LogP contribution in [0.5, 0.6) is 0 Å². The van der Waals surface area contributed by atoms with Crippen LogP contribution >= 0.6 is 0 Å². The van der Waals surface area contributed by atoms with Crippen LogP contribution < -0.4 is 5.73 Å². The Morgan fingerprint density at radius 2 is 2.10 bits per heavy atom. The van der Waals surface area contributed by atoms with Gasteiger partial charge in [-0.25, -0.2) is 4.98 Å². The number of benzene rings is 1. The molecular formula is C16H18N4. The molecule has 2 aromatic heterocycles. The zero-order chi connectivity index (χ0) is 14.1. The van der Waals surface area contributed by atoms with Crippen LogP contribution in [-0.4, -0.2) is 21.1 Å². The minimum atomic E-state index is 0.347. The molecule has 0 spiro atoms. The average molecular weight is 266 g/mol. The molecule has 3 aromatic rings. The number of rotatable bonds is 3. The van der Waals surface area contributed by atoms with Crippen molar-refractivity contribution < 1.29 is 0 Å². The monoisotopic (exact) mass is 266 g/mol. The summed E-state index contributed by atoms with van der Waals surface area (Å²) in [4.78, 5) is 9.09. The van der Waals surface area contributed by atoms with E-state index in [2.05, 4.69) is 34.7 Å². The first-order chi connectivity index (χ1) is 9.70. The Hall–Kier alpha value is -2.20. The zero-order valence-electron chi connectivity index (χ0n) is 11.7. The van der Waals surface area contributed by atoms with E-state index in [4.69, 9.17) is 10.7 Å². The van der Waals surface area contributed by atoms with E-state index < -0.39 is 0 Å². The summed E-state index contributed by atoms with van der Waals surface area (Å²) in [5.41, 5.74) is 9.96. The molecule has 20 heavy (non-hydrogen) atoms. The molecule has 3 rings (SSSR count). The number of hydrogen-bond donors (Lipinski definition) is 1. The highest BCUT2D eigenvalue weighted by Crippen LogP contribution is 2.25. The highest BCUT2D eigenvalue weighted by Gasteiger charge is 2.12. The summed E-state index contributed by atoms with van der Waals surface area (Å²) in [6, 6.07) is 12.2. The molecule has 4 heteroatoms. The highest BCUT2D eigenvalue weighted by molar-refractivity contribution is 5.80. The topological polar surface area (TPSA) is 56.7 Å². The third-order valence-electron chi connectivity index (χ3n) is 3.72. The van der Waals surface area contributed by atoms with Crippen LogP contribution in [-0.2, 0) is 7.05 Å². The molecule has 0 bridgehead atoms. The van der Waals surface area contributed by atoms with E-state index in [1.165, 1.54) is 5.56 Å². The van der Waals surface area contributed by atoms with Crippen LogP contribution in [0.2, 0.25) is 0 Å². The molecule has 102 valence electrons. The molecule has 4 nitrogen and oxygen atoms in total. The maximum atomic E-state index is 5.74. The molecule has 0 saturated carbocycles. The van der Waals surface area contributed by atoms with E-state index in [0.717, 1.165) is 22.6 Å². The molecule has 0 aliphatic rings. The Morgan fingerprint density at radius 1 is 1.25 bits per heavy atom. The van der Waals surface area contributed by atoms with Crippen molar-refractivity contribution in [1.82, 2.24) is 14.5 Å². The third kappa shape index (κ3) is 2.08. The summed E-state index contributed by atoms with van der Waals surface area (Å²) in [6.07, 6.45) is 1.79. The van der Waals surface area contributed by atoms with E-state index in [-0.39, 0.29) is 0 Å². The quantitative estimate of drug-likeness (QED) is 0.793. The predicted octanol–water partition coefficient (Wildman–Crippen LogP) is 2.70. The Bertz CT molecular complexity index is 731. The first-order valence-electron chi connectivity index (χ1n) is 6.78. The molecule has 0 fully saturated rings. The van der Waals surface area contributed by atoms with Gasteiger partial charge in [0, 0.05) is 13.2 Å². The van der Waals surface area contributed by atoms with Gasteiger partial charge in [-0.3, -0.25) is 4.98 Å². The van der Waals surface area contributed by atoms with Crippen LogP contribution in [0.15, 0.2) is 42.6 Å². The number of pyridine rings is 1. The summed E-state index contributed by atoms with van der Waals surface area (Å²) < 4.78 is 2.08. The van der Waals surface area contributed by atoms with Gasteiger partial charge in [-0.05, 0) is 42.3 Å². The second-order valence-electron chi connectivity index (χ2n) is 5.09. The molecule has 1 atom stereocenters. The highest BCUT2D eigenvalue weighted by atomic mass is 15.1. The van der Waals surface area contributed by atoms with Crippen molar-refractivity contribution in [3.63, 3.8) is 0 Å². The van der Waals surface area contributed by atoms with Crippen molar-refractivity contribution in [1.29, 1.82) is 0 Å². The molecule has 2 N–H and O–H groups in total. The summed E-state index contributed by atoms with van der Waals surface area (Å²) in [6.45, 7) is 2.77. The number of fused-ring (bicyclic) bond motifs is 1. The lowest BCUT2D eigenvalue weighted by Crippen LogP contribution is -2.08. The number of imidazole rings is 1. The van der Waals surface area contributed by atoms with Gasteiger partial charge in [-0.1, -0.05) is 19.1 Å². The van der Waals surface area contributed by atoms with Crippen molar-refractivity contribution in [3.8, 4) is 11.5 Å². The molecule has 0 aliphatic heterocycles. The molecule has 1 aromatic carbocycles. The Kier molecular flexibility index (Phi) is 3.24. The standard InChI is InChI=1S/C16H18N4/c1-11(10-17)12-6-7-15-14(9-12)19-16(20(15)2)13-5-3-4-8-18-13/h3-9,11H,10,17H2,1-2H3. The van der Waals surface area contributed by atoms with Crippen LogP contribution in [0.25, 0.3) is 22.6 Å². The first kappa shape index (κ1) is 12.8. The van der Waals surface area contributed by atoms with Gasteiger partial charge in [0.15, 0.2) is 5.82 Å². The number of aryl methyl sites for hydroxylation is 1. The maximum Gasteiger partial charge on any atom is 0.159 e. The number of nitrogens with zero attached hydrogens (tertiary/aromatic N) is 3. The van der Waals surface area contributed by atoms with Gasteiger partial charge in [0.2, 0.25) is 0 Å². The van der Waals surface area contributed by atoms with Gasteiger partial charge >= 0.3 is 0 Å². The fourth-order valence-corrected chi connectivity index (χ4v) is 2.38. The van der Waals surface area contributed by atoms with Crippen molar-refractivity contribution >= 4 is 11.0 Å². The second kappa shape index (κ2) is 5.06. The van der Waals surface area contributed by atoms with Gasteiger partial charge in [0.1, 0.15) is 5.69 Å². The molecule has 0 saturated heterocycles. The number of aromatic nitrogens is 3. The van der Waals surface area contributed by atoms with Crippen molar-refractivity contribution in [2.75, 3.05) is 6.54 Å². The zero-order valence-corrected chi connectivity index (χ0v) is 11.7. The van der Waals surface area contributed by atoms with Crippen LogP contribution in [0.1, 0.15) is 18.4 Å². The summed E-state index contributed by atoms with van der Waals surface area (Å²) in [5.74, 6) is 1.23. The van der Waals surface area contributed by atoms with E-state index in [0.29, 0.717) is 12.5 Å². The Balaban J connectivity index is 2.15. The van der Waals surface area contributed by atoms with E-state index in [1.54, 1.807) is 6.20 Å². The van der Waals surface area contributed by atoms with Gasteiger partial charge in [-0.2, -0.15) is 0 Å². The second-order valence-corrected chi connectivity index (χ2v) is 5.09. The molecule has 0 radical (unpaired) electrons. The van der Waals surface area contributed by atoms with Crippen LogP contribution in [0, 0.1) is 0 Å². The molecule has 0 aliphatic carbocycles. The summed E-state index contributed by atoms with van der Waals surface area (Å²) in [7, 11) is 2.02. The lowest BCUT2D eigenvalue weighted by Gasteiger charge is -2.08. The van der Waals surface area contributed by atoms with E-state index >= 15 is 0 Å². The van der Waals surface area contributed by atoms with Crippen molar-refractivity contribution in [2.24, 2.45) is 12.8 Å². The third-order valence-corrected chi connectivity index (χ3v) is 3.72. The Labute approximate surface area is 118 Å². The summed E-state index contributed by atoms with van der Waals surface area (Å²) in [5, 5.41) is 0. The normalized spacial score (nSPS) is 12.8. The fraction of sp³-hybridized carbons (Fsp3) is 0.250. The fourth-order valence-electron chi connectivity index (χ4n) is 2.38. The Morgan fingerprint density at radius 3 is 2.80 bits per heavy atom. The minimum absolute atomic E-state index is 0.347. The largest absolute Gasteiger partial charge is 0.330 e. The summed E-state index contributed by atoms with van der Waals surface area (Å²) >= 11 is 0. The first-order valence-corrected chi connectivity index (χ1v) is 6.78. The lowest BCUT2D eigenvalue weighted by atomic mass is 10.0. The SMILES string of the molecule is CC(CN)c1ccc2c(c1)nc(-c1ccccn1)n2C. The molecular weight excluding hydrogens is 248 g/mol. The number of nitrogens with two attached hydrogens (primary N) is 1. The van der Waals surface area contributed by atoms with Gasteiger partial charge in [0.25, 0.3) is 0 Å².